The molecule has 0 aromatic carbocycles. The van der Waals surface area contributed by atoms with Gasteiger partial charge >= 0.3 is 0 Å². The van der Waals surface area contributed by atoms with Crippen LogP contribution < -0.4 is 0 Å². The number of hydrogen-bond acceptors (Lipinski definition) is 2. The Morgan fingerprint density at radius 3 is 2.50 bits per heavy atom. The van der Waals surface area contributed by atoms with Crippen molar-refractivity contribution in [1.82, 2.24) is 0 Å². The average Bonchev–Trinajstić information content (AvgIpc) is 2.35. The summed E-state index contributed by atoms with van der Waals surface area (Å²) in [6.45, 7) is 5.54. The lowest BCUT2D eigenvalue weighted by Crippen LogP contribution is -2.25. The minimum Gasteiger partial charge on any atom is -0.380 e. The molecule has 2 heteroatoms. The topological polar surface area (TPSA) is 33.0 Å². The quantitative estimate of drug-likeness (QED) is 0.552. The number of nitriles is 1. The SMILES string of the molecule is CC(C)C1(C#N)CCOC1. The fourth-order valence-electron chi connectivity index (χ4n) is 1.25. The van der Waals surface area contributed by atoms with Gasteiger partial charge in [0.05, 0.1) is 18.1 Å². The summed E-state index contributed by atoms with van der Waals surface area (Å²) in [6, 6.07) is 2.35. The molecule has 0 radical (unpaired) electrons. The van der Waals surface area contributed by atoms with Gasteiger partial charge in [0.2, 0.25) is 0 Å². The summed E-state index contributed by atoms with van der Waals surface area (Å²) in [5.74, 6) is 0.417. The summed E-state index contributed by atoms with van der Waals surface area (Å²) in [6.07, 6.45) is 0.904. The molecule has 0 aromatic rings. The van der Waals surface area contributed by atoms with Crippen LogP contribution in [0.15, 0.2) is 0 Å². The normalized spacial score (nSPS) is 32.6. The lowest BCUT2D eigenvalue weighted by molar-refractivity contribution is 0.153. The molecule has 56 valence electrons. The van der Waals surface area contributed by atoms with E-state index in [-0.39, 0.29) is 5.41 Å². The van der Waals surface area contributed by atoms with Crippen LogP contribution in [0.1, 0.15) is 20.3 Å². The van der Waals surface area contributed by atoms with E-state index in [9.17, 15) is 0 Å². The number of rotatable bonds is 1. The molecule has 0 N–H and O–H groups in total. The summed E-state index contributed by atoms with van der Waals surface area (Å²) in [7, 11) is 0. The van der Waals surface area contributed by atoms with Gasteiger partial charge in [0.25, 0.3) is 0 Å². The molecule has 0 bridgehead atoms. The van der Waals surface area contributed by atoms with Crippen LogP contribution >= 0.6 is 0 Å². The molecule has 1 heterocycles. The van der Waals surface area contributed by atoms with Crippen LogP contribution in [0.5, 0.6) is 0 Å². The predicted octanol–water partition coefficient (Wildman–Crippen LogP) is 1.57. The van der Waals surface area contributed by atoms with E-state index in [1.54, 1.807) is 0 Å². The summed E-state index contributed by atoms with van der Waals surface area (Å²) >= 11 is 0. The minimum absolute atomic E-state index is 0.181. The Kier molecular flexibility index (Phi) is 1.96. The van der Waals surface area contributed by atoms with Crippen LogP contribution in [0.25, 0.3) is 0 Å². The Balaban J connectivity index is 2.70. The van der Waals surface area contributed by atoms with Crippen molar-refractivity contribution in [2.45, 2.75) is 20.3 Å². The summed E-state index contributed by atoms with van der Waals surface area (Å²) in [5.41, 5.74) is -0.181. The van der Waals surface area contributed by atoms with Crippen LogP contribution in [0.3, 0.4) is 0 Å². The van der Waals surface area contributed by atoms with E-state index >= 15 is 0 Å². The van der Waals surface area contributed by atoms with Crippen molar-refractivity contribution in [3.63, 3.8) is 0 Å². The first kappa shape index (κ1) is 7.56. The van der Waals surface area contributed by atoms with Crippen molar-refractivity contribution in [2.75, 3.05) is 13.2 Å². The Morgan fingerprint density at radius 2 is 2.30 bits per heavy atom. The maximum absolute atomic E-state index is 8.86. The van der Waals surface area contributed by atoms with E-state index in [0.29, 0.717) is 12.5 Å². The van der Waals surface area contributed by atoms with Gasteiger partial charge in [-0.2, -0.15) is 5.26 Å². The maximum Gasteiger partial charge on any atom is 0.0851 e. The largest absolute Gasteiger partial charge is 0.380 e. The van der Waals surface area contributed by atoms with E-state index < -0.39 is 0 Å². The highest BCUT2D eigenvalue weighted by Crippen LogP contribution is 2.35. The number of hydrogen-bond donors (Lipinski definition) is 0. The second-order valence-electron chi connectivity index (χ2n) is 3.23. The maximum atomic E-state index is 8.86. The summed E-state index contributed by atoms with van der Waals surface area (Å²) in [5, 5.41) is 8.86. The Bertz CT molecular complexity index is 151. The Morgan fingerprint density at radius 1 is 1.60 bits per heavy atom. The lowest BCUT2D eigenvalue weighted by atomic mass is 9.78. The van der Waals surface area contributed by atoms with Gasteiger partial charge in [-0.05, 0) is 12.3 Å². The highest BCUT2D eigenvalue weighted by Gasteiger charge is 2.37. The van der Waals surface area contributed by atoms with Crippen molar-refractivity contribution in [3.05, 3.63) is 0 Å². The van der Waals surface area contributed by atoms with Gasteiger partial charge in [-0.3, -0.25) is 0 Å². The first-order chi connectivity index (χ1) is 4.71. The molecule has 0 amide bonds. The van der Waals surface area contributed by atoms with Crippen LogP contribution in [0, 0.1) is 22.7 Å². The Labute approximate surface area is 61.8 Å². The van der Waals surface area contributed by atoms with Crippen LogP contribution in [-0.2, 0) is 4.74 Å². The molecular weight excluding hydrogens is 126 g/mol. The van der Waals surface area contributed by atoms with Gasteiger partial charge in [-0.1, -0.05) is 13.8 Å². The zero-order valence-corrected chi connectivity index (χ0v) is 6.55. The van der Waals surface area contributed by atoms with E-state index in [2.05, 4.69) is 19.9 Å². The average molecular weight is 139 g/mol. The molecule has 10 heavy (non-hydrogen) atoms. The number of nitrogens with zero attached hydrogens (tertiary/aromatic N) is 1. The van der Waals surface area contributed by atoms with Crippen molar-refractivity contribution >= 4 is 0 Å². The van der Waals surface area contributed by atoms with Crippen LogP contribution in [0.4, 0.5) is 0 Å². The molecule has 1 fully saturated rings. The van der Waals surface area contributed by atoms with Crippen LogP contribution in [-0.4, -0.2) is 13.2 Å². The highest BCUT2D eigenvalue weighted by molar-refractivity contribution is 5.03. The third kappa shape index (κ3) is 1.02. The monoisotopic (exact) mass is 139 g/mol. The molecule has 1 aliphatic rings. The first-order valence-electron chi connectivity index (χ1n) is 3.70. The first-order valence-corrected chi connectivity index (χ1v) is 3.70. The standard InChI is InChI=1S/C8H13NO/c1-7(2)8(5-9)3-4-10-6-8/h7H,3-4,6H2,1-2H3. The van der Waals surface area contributed by atoms with Gasteiger partial charge in [0.15, 0.2) is 0 Å². The zero-order chi connectivity index (χ0) is 7.61. The molecule has 1 saturated heterocycles. The lowest BCUT2D eigenvalue weighted by Gasteiger charge is -2.22. The van der Waals surface area contributed by atoms with E-state index in [1.807, 2.05) is 0 Å². The van der Waals surface area contributed by atoms with Gasteiger partial charge in [-0.15, -0.1) is 0 Å². The molecule has 1 atom stereocenters. The fraction of sp³-hybridized carbons (Fsp3) is 0.875. The zero-order valence-electron chi connectivity index (χ0n) is 6.55. The number of ether oxygens (including phenoxy) is 1. The molecule has 1 rings (SSSR count). The van der Waals surface area contributed by atoms with Crippen LogP contribution in [0.2, 0.25) is 0 Å². The van der Waals surface area contributed by atoms with E-state index in [0.717, 1.165) is 13.0 Å². The minimum atomic E-state index is -0.181. The van der Waals surface area contributed by atoms with Crippen molar-refractivity contribution in [2.24, 2.45) is 11.3 Å². The molecule has 0 aliphatic carbocycles. The van der Waals surface area contributed by atoms with E-state index in [4.69, 9.17) is 10.00 Å². The van der Waals surface area contributed by atoms with Gasteiger partial charge < -0.3 is 4.74 Å². The van der Waals surface area contributed by atoms with Gasteiger partial charge in [0, 0.05) is 6.61 Å². The van der Waals surface area contributed by atoms with Crippen molar-refractivity contribution < 1.29 is 4.74 Å². The molecular formula is C8H13NO. The molecule has 1 aliphatic heterocycles. The van der Waals surface area contributed by atoms with Crippen molar-refractivity contribution in [3.8, 4) is 6.07 Å². The molecule has 0 spiro atoms. The third-order valence-corrected chi connectivity index (χ3v) is 2.38. The Hall–Kier alpha value is -0.550. The van der Waals surface area contributed by atoms with Crippen molar-refractivity contribution in [1.29, 1.82) is 5.26 Å². The highest BCUT2D eigenvalue weighted by atomic mass is 16.5. The molecule has 0 aromatic heterocycles. The van der Waals surface area contributed by atoms with Gasteiger partial charge in [0.1, 0.15) is 0 Å². The van der Waals surface area contributed by atoms with Gasteiger partial charge in [-0.25, -0.2) is 0 Å². The summed E-state index contributed by atoms with van der Waals surface area (Å²) < 4.78 is 5.19. The molecule has 1 unspecified atom stereocenters. The smallest absolute Gasteiger partial charge is 0.0851 e. The molecule has 0 saturated carbocycles. The summed E-state index contributed by atoms with van der Waals surface area (Å²) in [4.78, 5) is 0. The second kappa shape index (κ2) is 2.59. The second-order valence-corrected chi connectivity index (χ2v) is 3.23. The molecule has 2 nitrogen and oxygen atoms in total. The predicted molar refractivity (Wildman–Crippen MR) is 38.3 cm³/mol. The van der Waals surface area contributed by atoms with E-state index in [1.165, 1.54) is 0 Å². The fourth-order valence-corrected chi connectivity index (χ4v) is 1.25. The third-order valence-electron chi connectivity index (χ3n) is 2.38.